The van der Waals surface area contributed by atoms with Crippen molar-refractivity contribution in [3.8, 4) is 5.75 Å². The zero-order chi connectivity index (χ0) is 18.4. The number of amides is 1. The molecule has 5 nitrogen and oxygen atoms in total. The van der Waals surface area contributed by atoms with E-state index < -0.39 is 30.9 Å². The van der Waals surface area contributed by atoms with Crippen LogP contribution in [0.4, 0.5) is 10.1 Å². The fourth-order valence-electron chi connectivity index (χ4n) is 1.70. The van der Waals surface area contributed by atoms with Gasteiger partial charge >= 0.3 is 5.97 Å². The minimum atomic E-state index is -0.761. The predicted molar refractivity (Wildman–Crippen MR) is 95.6 cm³/mol. The first-order valence-electron chi connectivity index (χ1n) is 6.84. The maximum absolute atomic E-state index is 12.9. The van der Waals surface area contributed by atoms with Gasteiger partial charge in [0.2, 0.25) is 0 Å². The Bertz CT molecular complexity index is 804. The van der Waals surface area contributed by atoms with Gasteiger partial charge in [-0.05, 0) is 46.3 Å². The third-order valence-corrected chi connectivity index (χ3v) is 4.27. The monoisotopic (exact) mass is 449 g/mol. The summed E-state index contributed by atoms with van der Waals surface area (Å²) >= 11 is 14.9. The summed E-state index contributed by atoms with van der Waals surface area (Å²) in [7, 11) is 0. The number of halogens is 4. The topological polar surface area (TPSA) is 64.6 Å². The fourth-order valence-corrected chi connectivity index (χ4v) is 2.52. The van der Waals surface area contributed by atoms with E-state index in [2.05, 4.69) is 21.2 Å². The van der Waals surface area contributed by atoms with Gasteiger partial charge < -0.3 is 14.8 Å². The molecule has 25 heavy (non-hydrogen) atoms. The van der Waals surface area contributed by atoms with Crippen molar-refractivity contribution < 1.29 is 23.5 Å². The largest absolute Gasteiger partial charge is 0.481 e. The number of carbonyl (C=O) groups is 2. The quantitative estimate of drug-likeness (QED) is 0.660. The minimum absolute atomic E-state index is 0.188. The molecule has 0 aromatic heterocycles. The molecule has 0 fully saturated rings. The summed E-state index contributed by atoms with van der Waals surface area (Å²) in [6, 6.07) is 8.49. The minimum Gasteiger partial charge on any atom is -0.481 e. The highest BCUT2D eigenvalue weighted by atomic mass is 79.9. The molecular formula is C16H11BrCl2FNO4. The van der Waals surface area contributed by atoms with Gasteiger partial charge in [0.05, 0.1) is 20.2 Å². The summed E-state index contributed by atoms with van der Waals surface area (Å²) in [5.41, 5.74) is 0.307. The lowest BCUT2D eigenvalue weighted by molar-refractivity contribution is -0.149. The van der Waals surface area contributed by atoms with E-state index in [4.69, 9.17) is 32.7 Å². The van der Waals surface area contributed by atoms with E-state index in [1.807, 2.05) is 0 Å². The first-order valence-corrected chi connectivity index (χ1v) is 8.39. The van der Waals surface area contributed by atoms with E-state index in [1.54, 1.807) is 18.2 Å². The lowest BCUT2D eigenvalue weighted by Crippen LogP contribution is -2.23. The maximum atomic E-state index is 12.9. The first-order chi connectivity index (χ1) is 11.9. The van der Waals surface area contributed by atoms with Crippen LogP contribution in [0.2, 0.25) is 10.0 Å². The molecule has 0 aliphatic heterocycles. The molecule has 2 rings (SSSR count). The van der Waals surface area contributed by atoms with E-state index in [0.29, 0.717) is 10.2 Å². The summed E-state index contributed by atoms with van der Waals surface area (Å²) in [5, 5.41) is 2.95. The summed E-state index contributed by atoms with van der Waals surface area (Å²) in [6.07, 6.45) is 0. The van der Waals surface area contributed by atoms with Gasteiger partial charge in [0.25, 0.3) is 5.91 Å². The zero-order valence-corrected chi connectivity index (χ0v) is 15.6. The Balaban J connectivity index is 1.79. The lowest BCUT2D eigenvalue weighted by Gasteiger charge is -2.10. The van der Waals surface area contributed by atoms with Crippen LogP contribution in [-0.2, 0) is 14.3 Å². The molecule has 0 aliphatic carbocycles. The van der Waals surface area contributed by atoms with Crippen molar-refractivity contribution in [1.29, 1.82) is 0 Å². The molecule has 132 valence electrons. The number of anilines is 1. The molecule has 2 aromatic carbocycles. The van der Waals surface area contributed by atoms with E-state index in [0.717, 1.165) is 0 Å². The highest BCUT2D eigenvalue weighted by Gasteiger charge is 2.12. The number of ether oxygens (including phenoxy) is 2. The SMILES string of the molecule is O=C(COC(=O)COc1ccc(F)cc1Br)Nc1cccc(Cl)c1Cl. The lowest BCUT2D eigenvalue weighted by atomic mass is 10.3. The van der Waals surface area contributed by atoms with Gasteiger partial charge in [0, 0.05) is 0 Å². The Morgan fingerprint density at radius 2 is 1.92 bits per heavy atom. The van der Waals surface area contributed by atoms with Crippen LogP contribution < -0.4 is 10.1 Å². The molecule has 0 saturated heterocycles. The average Bonchev–Trinajstić information content (AvgIpc) is 2.56. The zero-order valence-electron chi connectivity index (χ0n) is 12.5. The molecule has 2 aromatic rings. The third kappa shape index (κ3) is 5.88. The van der Waals surface area contributed by atoms with Gasteiger partial charge in [0.1, 0.15) is 11.6 Å². The van der Waals surface area contributed by atoms with Crippen LogP contribution in [0.25, 0.3) is 0 Å². The number of esters is 1. The summed E-state index contributed by atoms with van der Waals surface area (Å²) < 4.78 is 23.3. The average molecular weight is 451 g/mol. The fraction of sp³-hybridized carbons (Fsp3) is 0.125. The Morgan fingerprint density at radius 1 is 1.16 bits per heavy atom. The van der Waals surface area contributed by atoms with Gasteiger partial charge in [-0.15, -0.1) is 0 Å². The second kappa shape index (κ2) is 9.03. The molecule has 0 radical (unpaired) electrons. The molecule has 0 saturated carbocycles. The summed E-state index contributed by atoms with van der Waals surface area (Å²) in [5.74, 6) is -1.52. The van der Waals surface area contributed by atoms with Crippen molar-refractivity contribution in [2.75, 3.05) is 18.5 Å². The van der Waals surface area contributed by atoms with Crippen LogP contribution in [0.3, 0.4) is 0 Å². The molecule has 0 bridgehead atoms. The highest BCUT2D eigenvalue weighted by molar-refractivity contribution is 9.10. The van der Waals surface area contributed by atoms with Gasteiger partial charge in [-0.25, -0.2) is 9.18 Å². The molecule has 0 spiro atoms. The van der Waals surface area contributed by atoms with E-state index in [9.17, 15) is 14.0 Å². The van der Waals surface area contributed by atoms with Crippen LogP contribution in [-0.4, -0.2) is 25.1 Å². The normalized spacial score (nSPS) is 10.2. The number of hydrogen-bond donors (Lipinski definition) is 1. The number of benzene rings is 2. The van der Waals surface area contributed by atoms with Crippen LogP contribution in [0, 0.1) is 5.82 Å². The first kappa shape index (κ1) is 19.5. The number of nitrogens with one attached hydrogen (secondary N) is 1. The second-order valence-electron chi connectivity index (χ2n) is 4.67. The Labute approximate surface area is 161 Å². The molecular weight excluding hydrogens is 440 g/mol. The Hall–Kier alpha value is -1.83. The van der Waals surface area contributed by atoms with Crippen molar-refractivity contribution in [3.63, 3.8) is 0 Å². The van der Waals surface area contributed by atoms with Crippen LogP contribution in [0.5, 0.6) is 5.75 Å². The van der Waals surface area contributed by atoms with Crippen molar-refractivity contribution in [1.82, 2.24) is 0 Å². The van der Waals surface area contributed by atoms with Crippen molar-refractivity contribution in [3.05, 3.63) is 56.7 Å². The third-order valence-electron chi connectivity index (χ3n) is 2.83. The number of carbonyl (C=O) groups excluding carboxylic acids is 2. The molecule has 0 unspecified atom stereocenters. The predicted octanol–water partition coefficient (Wildman–Crippen LogP) is 4.46. The van der Waals surface area contributed by atoms with E-state index in [-0.39, 0.29) is 15.8 Å². The van der Waals surface area contributed by atoms with Crippen LogP contribution in [0.15, 0.2) is 40.9 Å². The molecule has 1 amide bonds. The van der Waals surface area contributed by atoms with Gasteiger partial charge in [-0.2, -0.15) is 0 Å². The van der Waals surface area contributed by atoms with Crippen molar-refractivity contribution in [2.24, 2.45) is 0 Å². The number of rotatable bonds is 6. The van der Waals surface area contributed by atoms with Gasteiger partial charge in [0.15, 0.2) is 13.2 Å². The van der Waals surface area contributed by atoms with E-state index >= 15 is 0 Å². The van der Waals surface area contributed by atoms with Crippen molar-refractivity contribution >= 4 is 56.7 Å². The molecule has 1 N–H and O–H groups in total. The van der Waals surface area contributed by atoms with Crippen LogP contribution in [0.1, 0.15) is 0 Å². The highest BCUT2D eigenvalue weighted by Crippen LogP contribution is 2.29. The molecule has 9 heteroatoms. The molecule has 0 aliphatic rings. The van der Waals surface area contributed by atoms with Gasteiger partial charge in [-0.1, -0.05) is 29.3 Å². The Kier molecular flexibility index (Phi) is 7.04. The number of hydrogen-bond acceptors (Lipinski definition) is 4. The van der Waals surface area contributed by atoms with Gasteiger partial charge in [-0.3, -0.25) is 4.79 Å². The summed E-state index contributed by atoms with van der Waals surface area (Å²) in [6.45, 7) is -0.953. The van der Waals surface area contributed by atoms with E-state index in [1.165, 1.54) is 18.2 Å². The van der Waals surface area contributed by atoms with Crippen molar-refractivity contribution in [2.45, 2.75) is 0 Å². The molecule has 0 heterocycles. The standard InChI is InChI=1S/C16H11BrCl2FNO4/c17-10-6-9(20)4-5-13(10)24-8-15(23)25-7-14(22)21-12-3-1-2-11(18)16(12)19/h1-6H,7-8H2,(H,21,22). The molecule has 0 atom stereocenters. The summed E-state index contributed by atoms with van der Waals surface area (Å²) in [4.78, 5) is 23.4. The Morgan fingerprint density at radius 3 is 2.64 bits per heavy atom. The second-order valence-corrected chi connectivity index (χ2v) is 6.31. The maximum Gasteiger partial charge on any atom is 0.344 e. The van der Waals surface area contributed by atoms with Crippen LogP contribution >= 0.6 is 39.1 Å². The smallest absolute Gasteiger partial charge is 0.344 e.